The van der Waals surface area contributed by atoms with Gasteiger partial charge in [0.2, 0.25) is 0 Å². The normalized spacial score (nSPS) is 17.7. The molecule has 120 valence electrons. The number of amides is 1. The summed E-state index contributed by atoms with van der Waals surface area (Å²) in [5, 5.41) is 12.8. The van der Waals surface area contributed by atoms with Gasteiger partial charge in [-0.25, -0.2) is 0 Å². The molecule has 0 aromatic heterocycles. The van der Waals surface area contributed by atoms with Crippen molar-refractivity contribution in [1.82, 2.24) is 5.32 Å². The molecule has 2 rings (SSSR count). The standard InChI is InChI=1S/C13H10Br2F3NO3/c1-12(2)10(20)9(11(21)19-12)8-6(14)3-5(4-7(8)15)22-13(16,17)18/h3-4,20H,1-2H3,(H,19,21). The van der Waals surface area contributed by atoms with E-state index in [1.807, 2.05) is 0 Å². The van der Waals surface area contributed by atoms with Crippen LogP contribution in [-0.2, 0) is 4.79 Å². The number of aliphatic hydroxyl groups excluding tert-OH is 1. The van der Waals surface area contributed by atoms with Gasteiger partial charge in [-0.2, -0.15) is 0 Å². The molecule has 2 N–H and O–H groups in total. The minimum atomic E-state index is -4.82. The third kappa shape index (κ3) is 3.24. The molecule has 1 amide bonds. The summed E-state index contributed by atoms with van der Waals surface area (Å²) in [5.41, 5.74) is -0.718. The number of rotatable bonds is 2. The zero-order chi connectivity index (χ0) is 16.9. The lowest BCUT2D eigenvalue weighted by atomic mass is 9.99. The first kappa shape index (κ1) is 17.1. The fraction of sp³-hybridized carbons (Fsp3) is 0.308. The molecule has 1 aromatic carbocycles. The molecule has 0 bridgehead atoms. The Morgan fingerprint density at radius 1 is 1.23 bits per heavy atom. The van der Waals surface area contributed by atoms with Crippen LogP contribution in [-0.4, -0.2) is 22.9 Å². The van der Waals surface area contributed by atoms with Gasteiger partial charge in [-0.3, -0.25) is 4.79 Å². The zero-order valence-electron chi connectivity index (χ0n) is 11.3. The number of halogens is 5. The van der Waals surface area contributed by atoms with Crippen LogP contribution in [0.25, 0.3) is 5.57 Å². The van der Waals surface area contributed by atoms with Crippen LogP contribution in [0.2, 0.25) is 0 Å². The third-order valence-electron chi connectivity index (χ3n) is 2.98. The molecular weight excluding hydrogens is 435 g/mol. The Morgan fingerprint density at radius 3 is 2.09 bits per heavy atom. The Balaban J connectivity index is 2.55. The van der Waals surface area contributed by atoms with Crippen LogP contribution in [0.15, 0.2) is 26.8 Å². The van der Waals surface area contributed by atoms with E-state index in [0.717, 1.165) is 12.1 Å². The van der Waals surface area contributed by atoms with Gasteiger partial charge in [0, 0.05) is 14.5 Å². The second kappa shape index (κ2) is 5.45. The number of carbonyl (C=O) groups is 1. The molecule has 0 radical (unpaired) electrons. The summed E-state index contributed by atoms with van der Waals surface area (Å²) in [7, 11) is 0. The molecule has 1 aromatic rings. The number of hydrogen-bond donors (Lipinski definition) is 2. The van der Waals surface area contributed by atoms with E-state index < -0.39 is 23.6 Å². The van der Waals surface area contributed by atoms with E-state index in [-0.39, 0.29) is 25.8 Å². The lowest BCUT2D eigenvalue weighted by molar-refractivity contribution is -0.274. The molecule has 0 atom stereocenters. The number of carbonyl (C=O) groups excluding carboxylic acids is 1. The second-order valence-corrected chi connectivity index (χ2v) is 6.82. The summed E-state index contributed by atoms with van der Waals surface area (Å²) < 4.78 is 41.0. The highest BCUT2D eigenvalue weighted by Gasteiger charge is 2.40. The fourth-order valence-corrected chi connectivity index (χ4v) is 3.58. The maximum Gasteiger partial charge on any atom is 0.573 e. The number of hydrogen-bond acceptors (Lipinski definition) is 3. The van der Waals surface area contributed by atoms with Gasteiger partial charge in [0.15, 0.2) is 0 Å². The third-order valence-corrected chi connectivity index (χ3v) is 4.23. The molecule has 0 saturated heterocycles. The summed E-state index contributed by atoms with van der Waals surface area (Å²) in [6.07, 6.45) is -4.82. The maximum absolute atomic E-state index is 12.3. The topological polar surface area (TPSA) is 58.6 Å². The maximum atomic E-state index is 12.3. The van der Waals surface area contributed by atoms with Gasteiger partial charge in [-0.05, 0) is 57.8 Å². The molecule has 22 heavy (non-hydrogen) atoms. The van der Waals surface area contributed by atoms with Gasteiger partial charge in [0.25, 0.3) is 5.91 Å². The molecule has 0 unspecified atom stereocenters. The van der Waals surface area contributed by atoms with Crippen LogP contribution in [0.5, 0.6) is 5.75 Å². The lowest BCUT2D eigenvalue weighted by Gasteiger charge is -2.17. The smallest absolute Gasteiger partial charge is 0.509 e. The Morgan fingerprint density at radius 2 is 1.73 bits per heavy atom. The van der Waals surface area contributed by atoms with E-state index in [4.69, 9.17) is 0 Å². The molecule has 1 aliphatic rings. The Kier molecular flexibility index (Phi) is 4.25. The van der Waals surface area contributed by atoms with Gasteiger partial charge in [-0.1, -0.05) is 0 Å². The van der Waals surface area contributed by atoms with Crippen LogP contribution >= 0.6 is 31.9 Å². The number of aliphatic hydroxyl groups is 1. The first-order valence-electron chi connectivity index (χ1n) is 5.94. The second-order valence-electron chi connectivity index (χ2n) is 5.11. The van der Waals surface area contributed by atoms with Crippen LogP contribution in [0, 0.1) is 0 Å². The number of alkyl halides is 3. The van der Waals surface area contributed by atoms with Crippen molar-refractivity contribution in [3.05, 3.63) is 32.4 Å². The van der Waals surface area contributed by atoms with Gasteiger partial charge < -0.3 is 15.2 Å². The van der Waals surface area contributed by atoms with E-state index in [0.29, 0.717) is 0 Å². The van der Waals surface area contributed by atoms with Gasteiger partial charge in [0.05, 0.1) is 11.1 Å². The fourth-order valence-electron chi connectivity index (χ4n) is 2.04. The van der Waals surface area contributed by atoms with Crippen molar-refractivity contribution in [2.45, 2.75) is 25.7 Å². The largest absolute Gasteiger partial charge is 0.573 e. The Bertz CT molecular complexity index is 661. The van der Waals surface area contributed by atoms with Crippen LogP contribution in [0.3, 0.4) is 0 Å². The lowest BCUT2D eigenvalue weighted by Crippen LogP contribution is -2.38. The van der Waals surface area contributed by atoms with Gasteiger partial charge >= 0.3 is 6.36 Å². The predicted molar refractivity (Wildman–Crippen MR) is 80.3 cm³/mol. The average molecular weight is 445 g/mol. The van der Waals surface area contributed by atoms with Gasteiger partial charge in [0.1, 0.15) is 11.5 Å². The molecule has 1 heterocycles. The molecule has 0 saturated carbocycles. The molecule has 0 spiro atoms. The minimum absolute atomic E-state index is 0.0118. The molecular formula is C13H10Br2F3NO3. The van der Waals surface area contributed by atoms with Crippen molar-refractivity contribution in [2.75, 3.05) is 0 Å². The summed E-state index contributed by atoms with van der Waals surface area (Å²) in [6, 6.07) is 2.15. The van der Waals surface area contributed by atoms with E-state index >= 15 is 0 Å². The van der Waals surface area contributed by atoms with Crippen molar-refractivity contribution in [1.29, 1.82) is 0 Å². The van der Waals surface area contributed by atoms with Crippen molar-refractivity contribution in [2.24, 2.45) is 0 Å². The van der Waals surface area contributed by atoms with Crippen LogP contribution in [0.4, 0.5) is 13.2 Å². The van der Waals surface area contributed by atoms with E-state index in [2.05, 4.69) is 41.9 Å². The van der Waals surface area contributed by atoms with E-state index in [1.54, 1.807) is 13.8 Å². The molecule has 0 aliphatic carbocycles. The van der Waals surface area contributed by atoms with E-state index in [1.165, 1.54) is 0 Å². The molecule has 1 aliphatic heterocycles. The number of benzene rings is 1. The van der Waals surface area contributed by atoms with E-state index in [9.17, 15) is 23.1 Å². The molecule has 9 heteroatoms. The first-order valence-corrected chi connectivity index (χ1v) is 7.52. The summed E-state index contributed by atoms with van der Waals surface area (Å²) >= 11 is 6.21. The SMILES string of the molecule is CC1(C)NC(=O)C(c2c(Br)cc(OC(F)(F)F)cc2Br)=C1O. The van der Waals surface area contributed by atoms with Crippen molar-refractivity contribution in [3.63, 3.8) is 0 Å². The summed E-state index contributed by atoms with van der Waals surface area (Å²) in [5.74, 6) is -1.16. The monoisotopic (exact) mass is 443 g/mol. The highest BCUT2D eigenvalue weighted by Crippen LogP contribution is 2.41. The van der Waals surface area contributed by atoms with Crippen molar-refractivity contribution >= 4 is 43.3 Å². The van der Waals surface area contributed by atoms with Crippen LogP contribution in [0.1, 0.15) is 19.4 Å². The predicted octanol–water partition coefficient (Wildman–Crippen LogP) is 4.29. The van der Waals surface area contributed by atoms with Gasteiger partial charge in [-0.15, -0.1) is 13.2 Å². The van der Waals surface area contributed by atoms with Crippen LogP contribution < -0.4 is 10.1 Å². The summed E-state index contributed by atoms with van der Waals surface area (Å²) in [6.45, 7) is 3.21. The Labute approximate surface area is 140 Å². The first-order chi connectivity index (χ1) is 9.92. The minimum Gasteiger partial charge on any atom is -0.509 e. The summed E-state index contributed by atoms with van der Waals surface area (Å²) in [4.78, 5) is 12.0. The highest BCUT2D eigenvalue weighted by molar-refractivity contribution is 9.11. The van der Waals surface area contributed by atoms with Crippen molar-refractivity contribution in [3.8, 4) is 5.75 Å². The highest BCUT2D eigenvalue weighted by atomic mass is 79.9. The molecule has 0 fully saturated rings. The number of nitrogens with one attached hydrogen (secondary N) is 1. The zero-order valence-corrected chi connectivity index (χ0v) is 14.5. The Hall–Kier alpha value is -1.22. The number of ether oxygens (including phenoxy) is 1. The van der Waals surface area contributed by atoms with Crippen molar-refractivity contribution < 1.29 is 27.8 Å². The quantitative estimate of drug-likeness (QED) is 0.715. The average Bonchev–Trinajstić information content (AvgIpc) is 2.48. The molecule has 4 nitrogen and oxygen atoms in total.